The lowest BCUT2D eigenvalue weighted by Crippen LogP contribution is -2.37. The van der Waals surface area contributed by atoms with Gasteiger partial charge in [0, 0.05) is 12.6 Å². The van der Waals surface area contributed by atoms with Crippen LogP contribution in [0.15, 0.2) is 0 Å². The van der Waals surface area contributed by atoms with Crippen LogP contribution in [0, 0.1) is 0 Å². The maximum atomic E-state index is 11.0. The predicted molar refractivity (Wildman–Crippen MR) is 47.5 cm³/mol. The zero-order valence-electron chi connectivity index (χ0n) is 7.82. The first-order valence-electron chi connectivity index (χ1n) is 4.45. The van der Waals surface area contributed by atoms with Crippen LogP contribution in [-0.4, -0.2) is 55.5 Å². The van der Waals surface area contributed by atoms with Crippen molar-refractivity contribution in [3.05, 3.63) is 0 Å². The normalized spacial score (nSPS) is 23.1. The van der Waals surface area contributed by atoms with Gasteiger partial charge >= 0.3 is 6.09 Å². The number of alkyl carbamates (subject to hydrolysis) is 1. The Bertz CT molecular complexity index is 175. The number of aliphatic hydroxyl groups excluding tert-OH is 1. The summed E-state index contributed by atoms with van der Waals surface area (Å²) in [6.07, 6.45) is 0.527. The monoisotopic (exact) mass is 188 g/mol. The lowest BCUT2D eigenvalue weighted by Gasteiger charge is -2.12. The van der Waals surface area contributed by atoms with Gasteiger partial charge in [0.1, 0.15) is 6.61 Å². The van der Waals surface area contributed by atoms with Gasteiger partial charge in [-0.05, 0) is 20.0 Å². The molecule has 1 aliphatic heterocycles. The summed E-state index contributed by atoms with van der Waals surface area (Å²) in [5.74, 6) is 0. The van der Waals surface area contributed by atoms with Crippen molar-refractivity contribution in [2.45, 2.75) is 12.5 Å². The van der Waals surface area contributed by atoms with Crippen LogP contribution in [0.25, 0.3) is 0 Å². The van der Waals surface area contributed by atoms with Gasteiger partial charge in [0.05, 0.1) is 6.61 Å². The molecule has 1 saturated heterocycles. The third-order valence-corrected chi connectivity index (χ3v) is 2.04. The predicted octanol–water partition coefficient (Wildman–Crippen LogP) is -0.591. The number of nitrogens with one attached hydrogen (secondary N) is 1. The molecule has 1 unspecified atom stereocenters. The highest BCUT2D eigenvalue weighted by molar-refractivity contribution is 5.67. The highest BCUT2D eigenvalue weighted by Gasteiger charge is 2.21. The highest BCUT2D eigenvalue weighted by atomic mass is 16.6. The summed E-state index contributed by atoms with van der Waals surface area (Å²) in [5, 5.41) is 11.1. The van der Waals surface area contributed by atoms with E-state index in [4.69, 9.17) is 5.11 Å². The van der Waals surface area contributed by atoms with Gasteiger partial charge in [-0.1, -0.05) is 0 Å². The molecule has 0 bridgehead atoms. The van der Waals surface area contributed by atoms with Gasteiger partial charge in [-0.25, -0.2) is 4.79 Å². The Balaban J connectivity index is 2.13. The van der Waals surface area contributed by atoms with Crippen LogP contribution in [0.5, 0.6) is 0 Å². The summed E-state index contributed by atoms with van der Waals surface area (Å²) in [5.41, 5.74) is 0. The summed E-state index contributed by atoms with van der Waals surface area (Å²) in [6, 6.07) is 0.191. The van der Waals surface area contributed by atoms with Crippen LogP contribution in [0.4, 0.5) is 4.79 Å². The molecule has 2 N–H and O–H groups in total. The fourth-order valence-corrected chi connectivity index (χ4v) is 1.40. The summed E-state index contributed by atoms with van der Waals surface area (Å²) in [6.45, 7) is 1.81. The third kappa shape index (κ3) is 3.61. The van der Waals surface area contributed by atoms with Crippen molar-refractivity contribution in [1.82, 2.24) is 10.2 Å². The van der Waals surface area contributed by atoms with E-state index in [9.17, 15) is 4.79 Å². The molecule has 13 heavy (non-hydrogen) atoms. The molecule has 1 aliphatic rings. The number of hydrogen-bond donors (Lipinski definition) is 2. The Morgan fingerprint density at radius 2 is 2.54 bits per heavy atom. The summed E-state index contributed by atoms with van der Waals surface area (Å²) >= 11 is 0. The zero-order chi connectivity index (χ0) is 9.68. The molecule has 0 aliphatic carbocycles. The Kier molecular flexibility index (Phi) is 3.98. The Labute approximate surface area is 77.7 Å². The quantitative estimate of drug-likeness (QED) is 0.621. The number of nitrogens with zero attached hydrogens (tertiary/aromatic N) is 1. The Hall–Kier alpha value is -0.810. The lowest BCUT2D eigenvalue weighted by atomic mass is 10.3. The topological polar surface area (TPSA) is 61.8 Å². The van der Waals surface area contributed by atoms with E-state index in [0.717, 1.165) is 19.5 Å². The van der Waals surface area contributed by atoms with Crippen molar-refractivity contribution < 1.29 is 14.6 Å². The van der Waals surface area contributed by atoms with E-state index in [1.807, 2.05) is 7.05 Å². The van der Waals surface area contributed by atoms with E-state index in [1.54, 1.807) is 0 Å². The van der Waals surface area contributed by atoms with Crippen molar-refractivity contribution in [3.8, 4) is 0 Å². The van der Waals surface area contributed by atoms with E-state index < -0.39 is 6.09 Å². The second-order valence-corrected chi connectivity index (χ2v) is 3.25. The van der Waals surface area contributed by atoms with E-state index in [2.05, 4.69) is 15.0 Å². The number of hydrogen-bond acceptors (Lipinski definition) is 4. The van der Waals surface area contributed by atoms with Crippen molar-refractivity contribution in [3.63, 3.8) is 0 Å². The van der Waals surface area contributed by atoms with E-state index in [1.165, 1.54) is 0 Å². The van der Waals surface area contributed by atoms with Crippen molar-refractivity contribution >= 4 is 6.09 Å². The first-order valence-corrected chi connectivity index (χ1v) is 4.45. The average molecular weight is 188 g/mol. The first-order chi connectivity index (χ1) is 6.22. The molecule has 1 fully saturated rings. The van der Waals surface area contributed by atoms with Gasteiger partial charge in [-0.15, -0.1) is 0 Å². The number of likely N-dealkylation sites (tertiary alicyclic amines) is 1. The van der Waals surface area contributed by atoms with Crippen LogP contribution < -0.4 is 5.32 Å². The Morgan fingerprint density at radius 1 is 1.77 bits per heavy atom. The van der Waals surface area contributed by atoms with Crippen LogP contribution >= 0.6 is 0 Å². The van der Waals surface area contributed by atoms with Crippen LogP contribution in [0.1, 0.15) is 6.42 Å². The van der Waals surface area contributed by atoms with E-state index in [0.29, 0.717) is 0 Å². The summed E-state index contributed by atoms with van der Waals surface area (Å²) in [4.78, 5) is 13.2. The van der Waals surface area contributed by atoms with E-state index >= 15 is 0 Å². The number of aliphatic hydroxyl groups is 1. The summed E-state index contributed by atoms with van der Waals surface area (Å²) < 4.78 is 4.67. The standard InChI is InChI=1S/C8H16N2O3/c1-10-3-2-7(6-10)9-8(12)13-5-4-11/h7,11H,2-6H2,1H3,(H,9,12). The molecule has 0 aromatic rings. The van der Waals surface area contributed by atoms with Gasteiger partial charge in [0.2, 0.25) is 0 Å². The second-order valence-electron chi connectivity index (χ2n) is 3.25. The fourth-order valence-electron chi connectivity index (χ4n) is 1.40. The van der Waals surface area contributed by atoms with Crippen LogP contribution in [0.3, 0.4) is 0 Å². The van der Waals surface area contributed by atoms with E-state index in [-0.39, 0.29) is 19.3 Å². The molecule has 0 saturated carbocycles. The number of carbonyl (C=O) groups is 1. The van der Waals surface area contributed by atoms with Crippen molar-refractivity contribution in [2.24, 2.45) is 0 Å². The maximum absolute atomic E-state index is 11.0. The minimum absolute atomic E-state index is 0.0639. The lowest BCUT2D eigenvalue weighted by molar-refractivity contribution is 0.116. The molecular formula is C8H16N2O3. The Morgan fingerprint density at radius 3 is 3.08 bits per heavy atom. The largest absolute Gasteiger partial charge is 0.447 e. The molecule has 76 valence electrons. The molecule has 1 amide bonds. The minimum Gasteiger partial charge on any atom is -0.447 e. The average Bonchev–Trinajstić information content (AvgIpc) is 2.48. The first kappa shape index (κ1) is 10.3. The molecule has 5 nitrogen and oxygen atoms in total. The minimum atomic E-state index is -0.436. The molecule has 1 heterocycles. The number of ether oxygens (including phenoxy) is 1. The number of carbonyl (C=O) groups excluding carboxylic acids is 1. The van der Waals surface area contributed by atoms with Gasteiger partial charge in [0.15, 0.2) is 0 Å². The molecule has 1 atom stereocenters. The zero-order valence-corrected chi connectivity index (χ0v) is 7.82. The number of rotatable bonds is 3. The van der Waals surface area contributed by atoms with Gasteiger partial charge in [-0.2, -0.15) is 0 Å². The number of amides is 1. The van der Waals surface area contributed by atoms with Crippen molar-refractivity contribution in [2.75, 3.05) is 33.4 Å². The summed E-state index contributed by atoms with van der Waals surface area (Å²) in [7, 11) is 2.01. The second kappa shape index (κ2) is 5.04. The smallest absolute Gasteiger partial charge is 0.407 e. The molecule has 1 rings (SSSR count). The molecule has 0 spiro atoms. The highest BCUT2D eigenvalue weighted by Crippen LogP contribution is 2.05. The van der Waals surface area contributed by atoms with Crippen molar-refractivity contribution in [1.29, 1.82) is 0 Å². The van der Waals surface area contributed by atoms with Gasteiger partial charge in [0.25, 0.3) is 0 Å². The molecule has 0 aromatic heterocycles. The molecule has 0 radical (unpaired) electrons. The maximum Gasteiger partial charge on any atom is 0.407 e. The fraction of sp³-hybridized carbons (Fsp3) is 0.875. The van der Waals surface area contributed by atoms with Crippen LogP contribution in [-0.2, 0) is 4.74 Å². The van der Waals surface area contributed by atoms with Gasteiger partial charge < -0.3 is 20.1 Å². The number of likely N-dealkylation sites (N-methyl/N-ethyl adjacent to an activating group) is 1. The van der Waals surface area contributed by atoms with Crippen LogP contribution in [0.2, 0.25) is 0 Å². The van der Waals surface area contributed by atoms with Gasteiger partial charge in [-0.3, -0.25) is 0 Å². The molecular weight excluding hydrogens is 172 g/mol. The molecule has 0 aromatic carbocycles. The third-order valence-electron chi connectivity index (χ3n) is 2.04. The molecule has 5 heteroatoms. The SMILES string of the molecule is CN1CCC(NC(=O)OCCO)C1.